The number of hydrogen-bond donors (Lipinski definition) is 1. The maximum atomic E-state index is 13.8. The number of hydrogen-bond acceptors (Lipinski definition) is 3. The highest BCUT2D eigenvalue weighted by molar-refractivity contribution is 5.45. The Morgan fingerprint density at radius 1 is 1.33 bits per heavy atom. The second-order valence-electron chi connectivity index (χ2n) is 3.59. The quantitative estimate of drug-likeness (QED) is 0.829. The molecule has 1 aliphatic rings. The van der Waals surface area contributed by atoms with Crippen molar-refractivity contribution in [3.8, 4) is 11.5 Å². The molecule has 4 heteroatoms. The van der Waals surface area contributed by atoms with E-state index in [9.17, 15) is 4.39 Å². The summed E-state index contributed by atoms with van der Waals surface area (Å²) in [6, 6.07) is 4.95. The second-order valence-corrected chi connectivity index (χ2v) is 3.59. The number of ether oxygens (including phenoxy) is 2. The van der Waals surface area contributed by atoms with Crippen LogP contribution in [0.15, 0.2) is 18.2 Å². The maximum absolute atomic E-state index is 13.8. The Bertz CT molecular complexity index is 356. The Hall–Kier alpha value is -1.29. The highest BCUT2D eigenvalue weighted by Gasteiger charge is 2.20. The first-order chi connectivity index (χ1) is 7.22. The van der Waals surface area contributed by atoms with Crippen LogP contribution in [0.25, 0.3) is 0 Å². The molecule has 1 heterocycles. The molecule has 82 valence electrons. The molecule has 2 atom stereocenters. The van der Waals surface area contributed by atoms with Crippen molar-refractivity contribution >= 4 is 0 Å². The van der Waals surface area contributed by atoms with Crippen LogP contribution in [0.4, 0.5) is 4.39 Å². The van der Waals surface area contributed by atoms with Gasteiger partial charge in [-0.2, -0.15) is 0 Å². The van der Waals surface area contributed by atoms with Crippen molar-refractivity contribution < 1.29 is 13.9 Å². The zero-order valence-electron chi connectivity index (χ0n) is 8.79. The van der Waals surface area contributed by atoms with E-state index in [2.05, 4.69) is 5.32 Å². The molecule has 15 heavy (non-hydrogen) atoms. The van der Waals surface area contributed by atoms with Gasteiger partial charge in [0.15, 0.2) is 11.5 Å². The van der Waals surface area contributed by atoms with Gasteiger partial charge in [-0.3, -0.25) is 0 Å². The van der Waals surface area contributed by atoms with Gasteiger partial charge in [-0.25, -0.2) is 4.39 Å². The third-order valence-electron chi connectivity index (χ3n) is 2.61. The number of nitrogens with one attached hydrogen (secondary N) is 1. The lowest BCUT2D eigenvalue weighted by molar-refractivity contribution is 0.173. The van der Waals surface area contributed by atoms with Crippen LogP contribution in [0.3, 0.4) is 0 Å². The van der Waals surface area contributed by atoms with Crippen molar-refractivity contribution in [2.75, 3.05) is 13.8 Å². The van der Waals surface area contributed by atoms with E-state index in [1.54, 1.807) is 32.2 Å². The molecule has 0 spiro atoms. The molecule has 3 nitrogen and oxygen atoms in total. The summed E-state index contributed by atoms with van der Waals surface area (Å²) >= 11 is 0. The number of alkyl halides is 1. The Kier molecular flexibility index (Phi) is 2.77. The predicted molar refractivity (Wildman–Crippen MR) is 54.9 cm³/mol. The number of fused-ring (bicyclic) bond motifs is 1. The normalized spacial score (nSPS) is 17.5. The SMILES string of the molecule is CN[C@@H](C)[C@@H](F)c1ccc2c(c1)OCO2. The molecule has 1 aromatic carbocycles. The summed E-state index contributed by atoms with van der Waals surface area (Å²) in [5.74, 6) is 1.31. The lowest BCUT2D eigenvalue weighted by Gasteiger charge is -2.16. The zero-order valence-corrected chi connectivity index (χ0v) is 8.79. The van der Waals surface area contributed by atoms with Crippen LogP contribution >= 0.6 is 0 Å². The molecule has 0 fully saturated rings. The van der Waals surface area contributed by atoms with E-state index in [1.165, 1.54) is 0 Å². The van der Waals surface area contributed by atoms with Gasteiger partial charge in [-0.1, -0.05) is 6.07 Å². The Balaban J connectivity index is 2.22. The summed E-state index contributed by atoms with van der Waals surface area (Å²) in [7, 11) is 1.74. The number of rotatable bonds is 3. The Morgan fingerprint density at radius 3 is 2.80 bits per heavy atom. The fourth-order valence-electron chi connectivity index (χ4n) is 1.52. The van der Waals surface area contributed by atoms with Crippen LogP contribution in [-0.4, -0.2) is 19.9 Å². The van der Waals surface area contributed by atoms with Crippen molar-refractivity contribution in [1.29, 1.82) is 0 Å². The number of halogens is 1. The smallest absolute Gasteiger partial charge is 0.231 e. The summed E-state index contributed by atoms with van der Waals surface area (Å²) in [6.07, 6.45) is -1.04. The van der Waals surface area contributed by atoms with Crippen LogP contribution < -0.4 is 14.8 Å². The van der Waals surface area contributed by atoms with E-state index in [-0.39, 0.29) is 12.8 Å². The summed E-state index contributed by atoms with van der Waals surface area (Å²) in [4.78, 5) is 0. The maximum Gasteiger partial charge on any atom is 0.231 e. The van der Waals surface area contributed by atoms with Crippen molar-refractivity contribution in [2.45, 2.75) is 19.1 Å². The monoisotopic (exact) mass is 211 g/mol. The molecule has 0 radical (unpaired) electrons. The fourth-order valence-corrected chi connectivity index (χ4v) is 1.52. The third-order valence-corrected chi connectivity index (χ3v) is 2.61. The average molecular weight is 211 g/mol. The van der Waals surface area contributed by atoms with E-state index in [0.29, 0.717) is 17.1 Å². The average Bonchev–Trinajstić information content (AvgIpc) is 2.73. The minimum atomic E-state index is -1.04. The van der Waals surface area contributed by atoms with Gasteiger partial charge in [0.2, 0.25) is 6.79 Å². The van der Waals surface area contributed by atoms with Crippen molar-refractivity contribution in [1.82, 2.24) is 5.32 Å². The van der Waals surface area contributed by atoms with Gasteiger partial charge in [-0.15, -0.1) is 0 Å². The van der Waals surface area contributed by atoms with Crippen LogP contribution in [0.1, 0.15) is 18.7 Å². The fraction of sp³-hybridized carbons (Fsp3) is 0.455. The van der Waals surface area contributed by atoms with Gasteiger partial charge in [0, 0.05) is 6.04 Å². The van der Waals surface area contributed by atoms with Crippen molar-refractivity contribution in [3.05, 3.63) is 23.8 Å². The molecule has 0 amide bonds. The Labute approximate surface area is 88.2 Å². The molecule has 1 aliphatic heterocycles. The van der Waals surface area contributed by atoms with E-state index >= 15 is 0 Å². The van der Waals surface area contributed by atoms with Gasteiger partial charge >= 0.3 is 0 Å². The first-order valence-corrected chi connectivity index (χ1v) is 4.93. The second kappa shape index (κ2) is 4.06. The molecular weight excluding hydrogens is 197 g/mol. The van der Waals surface area contributed by atoms with Crippen molar-refractivity contribution in [2.24, 2.45) is 0 Å². The van der Waals surface area contributed by atoms with Gasteiger partial charge in [0.25, 0.3) is 0 Å². The molecular formula is C11H14FNO2. The van der Waals surface area contributed by atoms with Gasteiger partial charge in [0.05, 0.1) is 0 Å². The molecule has 0 saturated carbocycles. The highest BCUT2D eigenvalue weighted by atomic mass is 19.1. The standard InChI is InChI=1S/C11H14FNO2/c1-7(13-2)11(12)8-3-4-9-10(5-8)15-6-14-9/h3-5,7,11,13H,6H2,1-2H3/t7-,11+/m0/s1. The van der Waals surface area contributed by atoms with Crippen LogP contribution in [0.2, 0.25) is 0 Å². The minimum Gasteiger partial charge on any atom is -0.454 e. The summed E-state index contributed by atoms with van der Waals surface area (Å²) in [5.41, 5.74) is 0.612. The summed E-state index contributed by atoms with van der Waals surface area (Å²) in [6.45, 7) is 2.02. The number of benzene rings is 1. The topological polar surface area (TPSA) is 30.5 Å². The molecule has 0 aromatic heterocycles. The van der Waals surface area contributed by atoms with Crippen LogP contribution in [-0.2, 0) is 0 Å². The van der Waals surface area contributed by atoms with Gasteiger partial charge < -0.3 is 14.8 Å². The summed E-state index contributed by atoms with van der Waals surface area (Å²) in [5, 5.41) is 2.88. The van der Waals surface area contributed by atoms with Crippen LogP contribution in [0, 0.1) is 0 Å². The third kappa shape index (κ3) is 1.90. The lowest BCUT2D eigenvalue weighted by atomic mass is 10.0. The molecule has 0 aliphatic carbocycles. The number of likely N-dealkylation sites (N-methyl/N-ethyl adjacent to an activating group) is 1. The van der Waals surface area contributed by atoms with E-state index in [1.807, 2.05) is 0 Å². The Morgan fingerprint density at radius 2 is 2.07 bits per heavy atom. The molecule has 0 unspecified atom stereocenters. The van der Waals surface area contributed by atoms with Gasteiger partial charge in [-0.05, 0) is 31.7 Å². The molecule has 1 N–H and O–H groups in total. The largest absolute Gasteiger partial charge is 0.454 e. The summed E-state index contributed by atoms with van der Waals surface area (Å²) < 4.78 is 24.2. The highest BCUT2D eigenvalue weighted by Crippen LogP contribution is 2.35. The zero-order chi connectivity index (χ0) is 10.8. The van der Waals surface area contributed by atoms with E-state index < -0.39 is 6.17 Å². The van der Waals surface area contributed by atoms with Crippen LogP contribution in [0.5, 0.6) is 11.5 Å². The first kappa shape index (κ1) is 10.2. The van der Waals surface area contributed by atoms with E-state index in [0.717, 1.165) is 0 Å². The molecule has 0 saturated heterocycles. The predicted octanol–water partition coefficient (Wildman–Crippen LogP) is 2.03. The van der Waals surface area contributed by atoms with Crippen molar-refractivity contribution in [3.63, 3.8) is 0 Å². The first-order valence-electron chi connectivity index (χ1n) is 4.93. The molecule has 2 rings (SSSR count). The molecule has 1 aromatic rings. The van der Waals surface area contributed by atoms with E-state index in [4.69, 9.17) is 9.47 Å². The lowest BCUT2D eigenvalue weighted by Crippen LogP contribution is -2.26. The van der Waals surface area contributed by atoms with Gasteiger partial charge in [0.1, 0.15) is 6.17 Å². The molecule has 0 bridgehead atoms. The minimum absolute atomic E-state index is 0.217.